The number of halogens is 1. The van der Waals surface area contributed by atoms with Gasteiger partial charge in [0.05, 0.1) is 5.39 Å². The van der Waals surface area contributed by atoms with Crippen molar-refractivity contribution in [3.8, 4) is 0 Å². The van der Waals surface area contributed by atoms with Gasteiger partial charge in [-0.3, -0.25) is 0 Å². The minimum Gasteiger partial charge on any atom is -0.396 e. The number of anilines is 1. The lowest BCUT2D eigenvalue weighted by molar-refractivity contribution is 0.208. The highest BCUT2D eigenvalue weighted by molar-refractivity contribution is 7.18. The highest BCUT2D eigenvalue weighted by atomic mass is 35.5. The van der Waals surface area contributed by atoms with Gasteiger partial charge in [-0.25, -0.2) is 4.98 Å². The van der Waals surface area contributed by atoms with Gasteiger partial charge in [-0.2, -0.15) is 4.98 Å². The number of thiophene rings is 1. The number of aromatic nitrogens is 2. The van der Waals surface area contributed by atoms with Crippen LogP contribution >= 0.6 is 22.9 Å². The van der Waals surface area contributed by atoms with Crippen LogP contribution in [-0.4, -0.2) is 34.8 Å². The SMILES string of the molecule is Cc1cc2c(N3CCCC(CO)C3)nc(Cl)nc2s1. The van der Waals surface area contributed by atoms with Gasteiger partial charge < -0.3 is 10.0 Å². The summed E-state index contributed by atoms with van der Waals surface area (Å²) >= 11 is 7.67. The number of nitrogens with zero attached hydrogens (tertiary/aromatic N) is 3. The molecule has 6 heteroatoms. The van der Waals surface area contributed by atoms with Crippen LogP contribution in [0.5, 0.6) is 0 Å². The van der Waals surface area contributed by atoms with Crippen LogP contribution in [0, 0.1) is 12.8 Å². The van der Waals surface area contributed by atoms with Crippen LogP contribution in [0.1, 0.15) is 17.7 Å². The Hall–Kier alpha value is -0.910. The first-order valence-corrected chi connectivity index (χ1v) is 7.66. The summed E-state index contributed by atoms with van der Waals surface area (Å²) in [6, 6.07) is 2.12. The lowest BCUT2D eigenvalue weighted by Gasteiger charge is -2.33. The molecule has 1 aliphatic heterocycles. The predicted molar refractivity (Wildman–Crippen MR) is 79.2 cm³/mol. The molecular formula is C13H16ClN3OS. The third-order valence-corrected chi connectivity index (χ3v) is 4.66. The highest BCUT2D eigenvalue weighted by Crippen LogP contribution is 2.33. The largest absolute Gasteiger partial charge is 0.396 e. The molecule has 2 aromatic heterocycles. The summed E-state index contributed by atoms with van der Waals surface area (Å²) in [5.74, 6) is 1.25. The van der Waals surface area contributed by atoms with Crippen LogP contribution in [0.3, 0.4) is 0 Å². The van der Waals surface area contributed by atoms with Gasteiger partial charge in [-0.1, -0.05) is 0 Å². The zero-order valence-corrected chi connectivity index (χ0v) is 12.3. The lowest BCUT2D eigenvalue weighted by atomic mass is 9.99. The van der Waals surface area contributed by atoms with Gasteiger partial charge >= 0.3 is 0 Å². The van der Waals surface area contributed by atoms with Crippen LogP contribution in [0.25, 0.3) is 10.2 Å². The summed E-state index contributed by atoms with van der Waals surface area (Å²) in [6.45, 7) is 4.11. The number of piperidine rings is 1. The Morgan fingerprint density at radius 3 is 3.16 bits per heavy atom. The van der Waals surface area contributed by atoms with Gasteiger partial charge in [-0.15, -0.1) is 11.3 Å². The van der Waals surface area contributed by atoms with E-state index >= 15 is 0 Å². The van der Waals surface area contributed by atoms with Crippen molar-refractivity contribution in [3.63, 3.8) is 0 Å². The van der Waals surface area contributed by atoms with Gasteiger partial charge in [0.15, 0.2) is 0 Å². The van der Waals surface area contributed by atoms with Crippen molar-refractivity contribution in [2.45, 2.75) is 19.8 Å². The van der Waals surface area contributed by atoms with Gasteiger partial charge in [0.2, 0.25) is 5.28 Å². The van der Waals surface area contributed by atoms with Crippen molar-refractivity contribution in [2.24, 2.45) is 5.92 Å². The van der Waals surface area contributed by atoms with E-state index < -0.39 is 0 Å². The number of aliphatic hydroxyl groups excluding tert-OH is 1. The summed E-state index contributed by atoms with van der Waals surface area (Å²) < 4.78 is 0. The Kier molecular flexibility index (Phi) is 3.60. The number of hydrogen-bond acceptors (Lipinski definition) is 5. The standard InChI is InChI=1S/C13H16ClN3OS/c1-8-5-10-11(15-13(14)16-12(10)19-8)17-4-2-3-9(6-17)7-18/h5,9,18H,2-4,6-7H2,1H3. The van der Waals surface area contributed by atoms with E-state index in [1.54, 1.807) is 11.3 Å². The first-order valence-electron chi connectivity index (χ1n) is 6.47. The summed E-state index contributed by atoms with van der Waals surface area (Å²) in [7, 11) is 0. The molecule has 2 aromatic rings. The van der Waals surface area contributed by atoms with E-state index in [-0.39, 0.29) is 6.61 Å². The molecule has 19 heavy (non-hydrogen) atoms. The summed E-state index contributed by atoms with van der Waals surface area (Å²) in [4.78, 5) is 13.1. The number of hydrogen-bond donors (Lipinski definition) is 1. The monoisotopic (exact) mass is 297 g/mol. The highest BCUT2D eigenvalue weighted by Gasteiger charge is 2.23. The predicted octanol–water partition coefficient (Wildman–Crippen LogP) is 2.86. The number of fused-ring (bicyclic) bond motifs is 1. The molecule has 0 amide bonds. The third kappa shape index (κ3) is 2.55. The van der Waals surface area contributed by atoms with Gasteiger partial charge in [0.25, 0.3) is 0 Å². The Labute approximate surface area is 121 Å². The fraction of sp³-hybridized carbons (Fsp3) is 0.538. The van der Waals surface area contributed by atoms with E-state index in [0.717, 1.165) is 42.0 Å². The molecule has 1 atom stereocenters. The van der Waals surface area contributed by atoms with Crippen molar-refractivity contribution < 1.29 is 5.11 Å². The van der Waals surface area contributed by atoms with E-state index in [9.17, 15) is 5.11 Å². The maximum Gasteiger partial charge on any atom is 0.225 e. The fourth-order valence-electron chi connectivity index (χ4n) is 2.65. The van der Waals surface area contributed by atoms with Crippen molar-refractivity contribution >= 4 is 39.0 Å². The average Bonchev–Trinajstić information content (AvgIpc) is 2.78. The Balaban J connectivity index is 2.03. The first kappa shape index (κ1) is 13.1. The molecule has 1 aliphatic rings. The smallest absolute Gasteiger partial charge is 0.225 e. The topological polar surface area (TPSA) is 49.2 Å². The quantitative estimate of drug-likeness (QED) is 0.866. The van der Waals surface area contributed by atoms with Crippen LogP contribution in [-0.2, 0) is 0 Å². The lowest BCUT2D eigenvalue weighted by Crippen LogP contribution is -2.37. The summed E-state index contributed by atoms with van der Waals surface area (Å²) in [5, 5.41) is 10.7. The minimum atomic E-state index is 0.237. The molecule has 0 spiro atoms. The average molecular weight is 298 g/mol. The molecule has 0 radical (unpaired) electrons. The van der Waals surface area contributed by atoms with Crippen LogP contribution in [0.2, 0.25) is 5.28 Å². The molecule has 1 fully saturated rings. The molecule has 102 valence electrons. The molecule has 4 nitrogen and oxygen atoms in total. The maximum atomic E-state index is 9.34. The van der Waals surface area contributed by atoms with E-state index in [2.05, 4.69) is 27.9 Å². The molecule has 3 heterocycles. The van der Waals surface area contributed by atoms with Crippen molar-refractivity contribution in [3.05, 3.63) is 16.2 Å². The maximum absolute atomic E-state index is 9.34. The first-order chi connectivity index (χ1) is 9.17. The Morgan fingerprint density at radius 1 is 1.53 bits per heavy atom. The van der Waals surface area contributed by atoms with Crippen molar-refractivity contribution in [1.29, 1.82) is 0 Å². The summed E-state index contributed by atoms with van der Waals surface area (Å²) in [5.41, 5.74) is 0. The second-order valence-corrected chi connectivity index (χ2v) is 6.60. The second kappa shape index (κ2) is 5.23. The summed E-state index contributed by atoms with van der Waals surface area (Å²) in [6.07, 6.45) is 2.16. The number of aryl methyl sites for hydroxylation is 1. The number of rotatable bonds is 2. The minimum absolute atomic E-state index is 0.237. The molecule has 1 unspecified atom stereocenters. The Morgan fingerprint density at radius 2 is 2.37 bits per heavy atom. The second-order valence-electron chi connectivity index (χ2n) is 5.03. The Bertz CT molecular complexity index is 601. The van der Waals surface area contributed by atoms with E-state index in [4.69, 9.17) is 11.6 Å². The number of aliphatic hydroxyl groups is 1. The molecule has 0 aromatic carbocycles. The van der Waals surface area contributed by atoms with E-state index in [0.29, 0.717) is 11.2 Å². The van der Waals surface area contributed by atoms with Crippen molar-refractivity contribution in [1.82, 2.24) is 9.97 Å². The molecular weight excluding hydrogens is 282 g/mol. The van der Waals surface area contributed by atoms with Crippen LogP contribution in [0.15, 0.2) is 6.07 Å². The van der Waals surface area contributed by atoms with Crippen LogP contribution in [0.4, 0.5) is 5.82 Å². The van der Waals surface area contributed by atoms with Gasteiger partial charge in [0.1, 0.15) is 10.6 Å². The van der Waals surface area contributed by atoms with Crippen LogP contribution < -0.4 is 4.90 Å². The normalized spacial score (nSPS) is 20.2. The third-order valence-electron chi connectivity index (χ3n) is 3.55. The zero-order valence-electron chi connectivity index (χ0n) is 10.8. The molecule has 0 bridgehead atoms. The van der Waals surface area contributed by atoms with Gasteiger partial charge in [0, 0.05) is 24.6 Å². The van der Waals surface area contributed by atoms with Crippen molar-refractivity contribution in [2.75, 3.05) is 24.6 Å². The van der Waals surface area contributed by atoms with E-state index in [1.807, 2.05) is 0 Å². The van der Waals surface area contributed by atoms with Gasteiger partial charge in [-0.05, 0) is 43.4 Å². The van der Waals surface area contributed by atoms with E-state index in [1.165, 1.54) is 4.88 Å². The fourth-order valence-corrected chi connectivity index (χ4v) is 3.74. The molecule has 0 aliphatic carbocycles. The molecule has 1 N–H and O–H groups in total. The molecule has 0 saturated carbocycles. The molecule has 3 rings (SSSR count). The molecule has 1 saturated heterocycles. The zero-order chi connectivity index (χ0) is 13.4.